The average Bonchev–Trinajstić information content (AvgIpc) is 3.10. The molecule has 1 saturated heterocycles. The highest BCUT2D eigenvalue weighted by Crippen LogP contribution is 2.28. The lowest BCUT2D eigenvalue weighted by Crippen LogP contribution is -2.38. The first-order chi connectivity index (χ1) is 11.8. The molecule has 1 saturated carbocycles. The van der Waals surface area contributed by atoms with Crippen LogP contribution in [0.2, 0.25) is 0 Å². The molecule has 1 atom stereocenters. The summed E-state index contributed by atoms with van der Waals surface area (Å²) in [4.78, 5) is 4.78. The van der Waals surface area contributed by atoms with Crippen molar-refractivity contribution in [1.29, 1.82) is 0 Å². The van der Waals surface area contributed by atoms with Gasteiger partial charge < -0.3 is 20.1 Å². The van der Waals surface area contributed by atoms with Gasteiger partial charge in [0.1, 0.15) is 0 Å². The molecule has 0 aromatic rings. The van der Waals surface area contributed by atoms with Gasteiger partial charge in [-0.3, -0.25) is 4.99 Å². The third kappa shape index (κ3) is 9.99. The van der Waals surface area contributed by atoms with Crippen molar-refractivity contribution in [2.45, 2.75) is 52.4 Å². The van der Waals surface area contributed by atoms with Crippen molar-refractivity contribution in [3.63, 3.8) is 0 Å². The van der Waals surface area contributed by atoms with E-state index in [2.05, 4.69) is 24.5 Å². The van der Waals surface area contributed by atoms with E-state index in [1.54, 1.807) is 0 Å². The predicted molar refractivity (Wildman–Crippen MR) is 115 cm³/mol. The van der Waals surface area contributed by atoms with E-state index in [9.17, 15) is 0 Å². The second kappa shape index (κ2) is 14.0. The molecule has 6 heteroatoms. The maximum Gasteiger partial charge on any atom is 0.191 e. The van der Waals surface area contributed by atoms with E-state index in [1.165, 1.54) is 25.7 Å². The molecule has 5 nitrogen and oxygen atoms in total. The molecule has 1 aliphatic carbocycles. The first-order valence-electron chi connectivity index (χ1n) is 9.95. The zero-order chi connectivity index (χ0) is 17.0. The van der Waals surface area contributed by atoms with Gasteiger partial charge in [-0.15, -0.1) is 24.0 Å². The van der Waals surface area contributed by atoms with Gasteiger partial charge in [0, 0.05) is 38.8 Å². The van der Waals surface area contributed by atoms with Crippen LogP contribution in [0.5, 0.6) is 0 Å². The SMILES string of the molecule is CCNC(=NCC1CCC(C)CC1)NCCCOCC1CCOC1.I. The van der Waals surface area contributed by atoms with Crippen LogP contribution >= 0.6 is 24.0 Å². The van der Waals surface area contributed by atoms with Gasteiger partial charge in [-0.25, -0.2) is 0 Å². The second-order valence-corrected chi connectivity index (χ2v) is 7.43. The molecule has 0 aromatic carbocycles. The Morgan fingerprint density at radius 1 is 1.12 bits per heavy atom. The summed E-state index contributed by atoms with van der Waals surface area (Å²) in [5, 5.41) is 6.78. The van der Waals surface area contributed by atoms with E-state index in [4.69, 9.17) is 14.5 Å². The van der Waals surface area contributed by atoms with Crippen LogP contribution in [0, 0.1) is 17.8 Å². The van der Waals surface area contributed by atoms with Gasteiger partial charge in [-0.05, 0) is 44.4 Å². The van der Waals surface area contributed by atoms with Crippen LogP contribution in [0.4, 0.5) is 0 Å². The lowest BCUT2D eigenvalue weighted by molar-refractivity contribution is 0.0888. The van der Waals surface area contributed by atoms with E-state index in [1.807, 2.05) is 0 Å². The summed E-state index contributed by atoms with van der Waals surface area (Å²) in [6.45, 7) is 10.7. The fourth-order valence-electron chi connectivity index (χ4n) is 3.42. The number of guanidine groups is 1. The molecule has 0 spiro atoms. The second-order valence-electron chi connectivity index (χ2n) is 7.43. The Balaban J connectivity index is 0.00000312. The van der Waals surface area contributed by atoms with Crippen molar-refractivity contribution >= 4 is 29.9 Å². The molecule has 0 amide bonds. The molecule has 148 valence electrons. The summed E-state index contributed by atoms with van der Waals surface area (Å²) in [6.07, 6.45) is 7.57. The number of halogens is 1. The number of rotatable bonds is 9. The predicted octanol–water partition coefficient (Wildman–Crippen LogP) is 3.43. The molecule has 2 N–H and O–H groups in total. The Morgan fingerprint density at radius 3 is 2.60 bits per heavy atom. The molecule has 0 bridgehead atoms. The smallest absolute Gasteiger partial charge is 0.191 e. The number of nitrogens with zero attached hydrogens (tertiary/aromatic N) is 1. The van der Waals surface area contributed by atoms with Crippen molar-refractivity contribution in [3.8, 4) is 0 Å². The topological polar surface area (TPSA) is 54.9 Å². The van der Waals surface area contributed by atoms with Crippen LogP contribution in [-0.2, 0) is 9.47 Å². The molecule has 1 aliphatic heterocycles. The molecular formula is C19H38IN3O2. The molecule has 1 unspecified atom stereocenters. The van der Waals surface area contributed by atoms with Crippen LogP contribution in [0.25, 0.3) is 0 Å². The third-order valence-corrected chi connectivity index (χ3v) is 5.12. The van der Waals surface area contributed by atoms with E-state index in [-0.39, 0.29) is 24.0 Å². The lowest BCUT2D eigenvalue weighted by Gasteiger charge is -2.25. The summed E-state index contributed by atoms with van der Waals surface area (Å²) < 4.78 is 11.1. The largest absolute Gasteiger partial charge is 0.381 e. The van der Waals surface area contributed by atoms with Gasteiger partial charge in [0.15, 0.2) is 5.96 Å². The van der Waals surface area contributed by atoms with Gasteiger partial charge >= 0.3 is 0 Å². The highest BCUT2D eigenvalue weighted by atomic mass is 127. The highest BCUT2D eigenvalue weighted by Gasteiger charge is 2.18. The summed E-state index contributed by atoms with van der Waals surface area (Å²) in [5.41, 5.74) is 0. The minimum Gasteiger partial charge on any atom is -0.381 e. The molecular weight excluding hydrogens is 429 g/mol. The van der Waals surface area contributed by atoms with Crippen molar-refractivity contribution in [2.24, 2.45) is 22.7 Å². The number of ether oxygens (including phenoxy) is 2. The van der Waals surface area contributed by atoms with Crippen LogP contribution < -0.4 is 10.6 Å². The molecule has 0 radical (unpaired) electrons. The first-order valence-corrected chi connectivity index (χ1v) is 9.95. The Kier molecular flexibility index (Phi) is 12.9. The maximum absolute atomic E-state index is 5.74. The zero-order valence-corrected chi connectivity index (χ0v) is 18.4. The van der Waals surface area contributed by atoms with Gasteiger partial charge in [0.05, 0.1) is 13.2 Å². The monoisotopic (exact) mass is 467 g/mol. The lowest BCUT2D eigenvalue weighted by atomic mass is 9.83. The Hall–Kier alpha value is -0.0800. The van der Waals surface area contributed by atoms with Crippen LogP contribution in [0.3, 0.4) is 0 Å². The van der Waals surface area contributed by atoms with E-state index in [0.717, 1.165) is 76.7 Å². The standard InChI is InChI=1S/C19H37N3O2.HI/c1-3-20-19(22-13-17-7-5-16(2)6-8-17)21-10-4-11-23-14-18-9-12-24-15-18;/h16-18H,3-15H2,1-2H3,(H2,20,21,22);1H. The highest BCUT2D eigenvalue weighted by molar-refractivity contribution is 14.0. The molecule has 25 heavy (non-hydrogen) atoms. The molecule has 2 aliphatic rings. The minimum absolute atomic E-state index is 0. The Morgan fingerprint density at radius 2 is 1.92 bits per heavy atom. The molecule has 0 aromatic heterocycles. The van der Waals surface area contributed by atoms with E-state index in [0.29, 0.717) is 5.92 Å². The number of hydrogen-bond donors (Lipinski definition) is 2. The Labute approximate surface area is 171 Å². The number of hydrogen-bond acceptors (Lipinski definition) is 3. The third-order valence-electron chi connectivity index (χ3n) is 5.12. The van der Waals surface area contributed by atoms with E-state index < -0.39 is 0 Å². The fourth-order valence-corrected chi connectivity index (χ4v) is 3.42. The average molecular weight is 467 g/mol. The minimum atomic E-state index is 0. The summed E-state index contributed by atoms with van der Waals surface area (Å²) in [5.74, 6) is 3.25. The number of aliphatic imine (C=N–C) groups is 1. The van der Waals surface area contributed by atoms with Gasteiger partial charge in [0.25, 0.3) is 0 Å². The molecule has 1 heterocycles. The van der Waals surface area contributed by atoms with Crippen molar-refractivity contribution in [1.82, 2.24) is 10.6 Å². The van der Waals surface area contributed by atoms with Gasteiger partial charge in [-0.2, -0.15) is 0 Å². The van der Waals surface area contributed by atoms with Gasteiger partial charge in [-0.1, -0.05) is 19.8 Å². The summed E-state index contributed by atoms with van der Waals surface area (Å²) >= 11 is 0. The van der Waals surface area contributed by atoms with Gasteiger partial charge in [0.2, 0.25) is 0 Å². The van der Waals surface area contributed by atoms with Crippen LogP contribution in [0.1, 0.15) is 52.4 Å². The Bertz CT molecular complexity index is 355. The zero-order valence-electron chi connectivity index (χ0n) is 16.1. The summed E-state index contributed by atoms with van der Waals surface area (Å²) in [6, 6.07) is 0. The van der Waals surface area contributed by atoms with Crippen molar-refractivity contribution in [2.75, 3.05) is 46.1 Å². The first kappa shape index (κ1) is 23.0. The maximum atomic E-state index is 5.74. The van der Waals surface area contributed by atoms with E-state index >= 15 is 0 Å². The quantitative estimate of drug-likeness (QED) is 0.236. The summed E-state index contributed by atoms with van der Waals surface area (Å²) in [7, 11) is 0. The number of nitrogens with one attached hydrogen (secondary N) is 2. The van der Waals surface area contributed by atoms with Crippen molar-refractivity contribution in [3.05, 3.63) is 0 Å². The molecule has 2 fully saturated rings. The van der Waals surface area contributed by atoms with Crippen molar-refractivity contribution < 1.29 is 9.47 Å². The van der Waals surface area contributed by atoms with Crippen LogP contribution in [0.15, 0.2) is 4.99 Å². The normalized spacial score (nSPS) is 27.0. The molecule has 2 rings (SSSR count). The van der Waals surface area contributed by atoms with Crippen LogP contribution in [-0.4, -0.2) is 52.0 Å². The fraction of sp³-hybridized carbons (Fsp3) is 0.947.